The lowest BCUT2D eigenvalue weighted by atomic mass is 9.96. The van der Waals surface area contributed by atoms with Crippen LogP contribution in [0.4, 0.5) is 0 Å². The third kappa shape index (κ3) is 2.81. The molecule has 3 rings (SSSR count). The second-order valence-electron chi connectivity index (χ2n) is 6.01. The van der Waals surface area contributed by atoms with Gasteiger partial charge < -0.3 is 5.11 Å². The summed E-state index contributed by atoms with van der Waals surface area (Å²) in [6, 6.07) is 10.3. The van der Waals surface area contributed by atoms with Crippen LogP contribution in [0.15, 0.2) is 35.7 Å². The van der Waals surface area contributed by atoms with Gasteiger partial charge in [-0.1, -0.05) is 29.8 Å². The lowest BCUT2D eigenvalue weighted by molar-refractivity contribution is -0.142. The van der Waals surface area contributed by atoms with Crippen LogP contribution in [0, 0.1) is 13.8 Å². The Kier molecular flexibility index (Phi) is 4.32. The van der Waals surface area contributed by atoms with Gasteiger partial charge in [-0.3, -0.25) is 9.69 Å². The summed E-state index contributed by atoms with van der Waals surface area (Å²) in [4.78, 5) is 15.0. The van der Waals surface area contributed by atoms with Gasteiger partial charge in [0.05, 0.1) is 6.04 Å². The number of aryl methyl sites for hydroxylation is 2. The van der Waals surface area contributed by atoms with Crippen LogP contribution in [0.5, 0.6) is 0 Å². The predicted octanol–water partition coefficient (Wildman–Crippen LogP) is 4.00. The summed E-state index contributed by atoms with van der Waals surface area (Å²) >= 11 is 1.70. The van der Waals surface area contributed by atoms with Crippen molar-refractivity contribution in [2.24, 2.45) is 0 Å². The highest BCUT2D eigenvalue weighted by molar-refractivity contribution is 7.10. The molecule has 2 unspecified atom stereocenters. The van der Waals surface area contributed by atoms with Crippen LogP contribution in [0.25, 0.3) is 0 Å². The van der Waals surface area contributed by atoms with Crippen molar-refractivity contribution in [2.45, 2.75) is 38.8 Å². The molecule has 0 radical (unpaired) electrons. The Balaban J connectivity index is 2.07. The van der Waals surface area contributed by atoms with E-state index in [9.17, 15) is 9.90 Å². The van der Waals surface area contributed by atoms with Crippen molar-refractivity contribution in [1.82, 2.24) is 4.90 Å². The Labute approximate surface area is 135 Å². The summed E-state index contributed by atoms with van der Waals surface area (Å²) in [6.45, 7) is 5.05. The molecule has 1 saturated heterocycles. The Morgan fingerprint density at radius 1 is 1.36 bits per heavy atom. The van der Waals surface area contributed by atoms with Gasteiger partial charge in [0.25, 0.3) is 0 Å². The van der Waals surface area contributed by atoms with Gasteiger partial charge in [-0.2, -0.15) is 0 Å². The first-order chi connectivity index (χ1) is 10.6. The second kappa shape index (κ2) is 6.23. The van der Waals surface area contributed by atoms with Gasteiger partial charge in [-0.05, 0) is 49.3 Å². The van der Waals surface area contributed by atoms with Gasteiger partial charge in [0, 0.05) is 11.4 Å². The number of rotatable bonds is 4. The van der Waals surface area contributed by atoms with E-state index < -0.39 is 5.97 Å². The molecule has 0 bridgehead atoms. The lowest BCUT2D eigenvalue weighted by Gasteiger charge is -2.32. The number of carboxylic acids is 1. The van der Waals surface area contributed by atoms with Gasteiger partial charge in [-0.25, -0.2) is 0 Å². The summed E-state index contributed by atoms with van der Waals surface area (Å²) in [5.74, 6) is -0.705. The van der Waals surface area contributed by atoms with E-state index in [2.05, 4.69) is 48.4 Å². The third-order valence-electron chi connectivity index (χ3n) is 4.44. The van der Waals surface area contributed by atoms with Gasteiger partial charge in [-0.15, -0.1) is 11.3 Å². The fourth-order valence-corrected chi connectivity index (χ4v) is 4.30. The molecule has 1 fully saturated rings. The minimum atomic E-state index is -0.705. The van der Waals surface area contributed by atoms with Crippen molar-refractivity contribution >= 4 is 17.3 Å². The molecule has 1 aliphatic rings. The summed E-state index contributed by atoms with van der Waals surface area (Å²) in [7, 11) is 0. The van der Waals surface area contributed by atoms with E-state index in [1.165, 1.54) is 21.6 Å². The highest BCUT2D eigenvalue weighted by Crippen LogP contribution is 2.38. The fraction of sp³-hybridized carbons (Fsp3) is 0.389. The minimum Gasteiger partial charge on any atom is -0.480 e. The molecule has 1 aromatic carbocycles. The van der Waals surface area contributed by atoms with Crippen molar-refractivity contribution in [3.63, 3.8) is 0 Å². The molecule has 4 heteroatoms. The second-order valence-corrected chi connectivity index (χ2v) is 6.99. The topological polar surface area (TPSA) is 40.5 Å². The van der Waals surface area contributed by atoms with Crippen molar-refractivity contribution in [3.05, 3.63) is 57.3 Å². The number of likely N-dealkylation sites (tertiary alicyclic amines) is 1. The molecule has 1 N–H and O–H groups in total. The molecule has 3 nitrogen and oxygen atoms in total. The van der Waals surface area contributed by atoms with E-state index in [1.807, 2.05) is 6.07 Å². The highest BCUT2D eigenvalue weighted by atomic mass is 32.1. The van der Waals surface area contributed by atoms with Crippen LogP contribution in [0.1, 0.15) is 40.5 Å². The van der Waals surface area contributed by atoms with Crippen LogP contribution >= 0.6 is 11.3 Å². The molecule has 1 aliphatic heterocycles. The number of hydrogen-bond donors (Lipinski definition) is 1. The number of aliphatic carboxylic acids is 1. The molecule has 0 saturated carbocycles. The number of benzene rings is 1. The Hall–Kier alpha value is -1.65. The first-order valence-electron chi connectivity index (χ1n) is 7.67. The molecule has 1 aromatic heterocycles. The predicted molar refractivity (Wildman–Crippen MR) is 89.4 cm³/mol. The molecule has 2 aromatic rings. The molecular weight excluding hydrogens is 294 g/mol. The first-order valence-corrected chi connectivity index (χ1v) is 8.55. The van der Waals surface area contributed by atoms with Gasteiger partial charge in [0.2, 0.25) is 0 Å². The summed E-state index contributed by atoms with van der Waals surface area (Å²) in [6.07, 6.45) is 1.69. The Morgan fingerprint density at radius 2 is 2.18 bits per heavy atom. The van der Waals surface area contributed by atoms with Crippen LogP contribution in [0.3, 0.4) is 0 Å². The average Bonchev–Trinajstić information content (AvgIpc) is 3.13. The van der Waals surface area contributed by atoms with E-state index in [0.717, 1.165) is 19.4 Å². The molecule has 0 amide bonds. The zero-order valence-electron chi connectivity index (χ0n) is 13.0. The maximum absolute atomic E-state index is 11.6. The number of hydrogen-bond acceptors (Lipinski definition) is 3. The van der Waals surface area contributed by atoms with Gasteiger partial charge >= 0.3 is 5.97 Å². The number of nitrogens with zero attached hydrogens (tertiary/aromatic N) is 1. The lowest BCUT2D eigenvalue weighted by Crippen LogP contribution is -2.39. The molecule has 22 heavy (non-hydrogen) atoms. The van der Waals surface area contributed by atoms with E-state index >= 15 is 0 Å². The van der Waals surface area contributed by atoms with Crippen molar-refractivity contribution in [2.75, 3.05) is 6.54 Å². The van der Waals surface area contributed by atoms with Crippen LogP contribution in [-0.2, 0) is 4.79 Å². The molecule has 0 aliphatic carbocycles. The Bertz CT molecular complexity index is 666. The number of thiophene rings is 1. The van der Waals surface area contributed by atoms with Gasteiger partial charge in [0.1, 0.15) is 6.04 Å². The quantitative estimate of drug-likeness (QED) is 0.927. The Morgan fingerprint density at radius 3 is 2.82 bits per heavy atom. The number of carbonyl (C=O) groups is 1. The van der Waals surface area contributed by atoms with Crippen LogP contribution in [0.2, 0.25) is 0 Å². The zero-order chi connectivity index (χ0) is 15.7. The molecular formula is C18H21NO2S. The van der Waals surface area contributed by atoms with E-state index in [1.54, 1.807) is 11.3 Å². The van der Waals surface area contributed by atoms with Crippen LogP contribution < -0.4 is 0 Å². The zero-order valence-corrected chi connectivity index (χ0v) is 13.8. The highest BCUT2D eigenvalue weighted by Gasteiger charge is 2.37. The third-order valence-corrected chi connectivity index (χ3v) is 5.37. The van der Waals surface area contributed by atoms with Crippen LogP contribution in [-0.4, -0.2) is 28.6 Å². The summed E-state index contributed by atoms with van der Waals surface area (Å²) < 4.78 is 0. The summed E-state index contributed by atoms with van der Waals surface area (Å²) in [5, 5.41) is 11.6. The van der Waals surface area contributed by atoms with Crippen molar-refractivity contribution < 1.29 is 9.90 Å². The average molecular weight is 315 g/mol. The minimum absolute atomic E-state index is 0.0456. The number of carboxylic acid groups (broad SMARTS) is 1. The fourth-order valence-electron chi connectivity index (χ4n) is 3.44. The largest absolute Gasteiger partial charge is 0.480 e. The smallest absolute Gasteiger partial charge is 0.320 e. The van der Waals surface area contributed by atoms with E-state index in [4.69, 9.17) is 0 Å². The molecule has 2 heterocycles. The van der Waals surface area contributed by atoms with Crippen molar-refractivity contribution in [3.8, 4) is 0 Å². The normalized spacial score (nSPS) is 20.2. The van der Waals surface area contributed by atoms with Crippen molar-refractivity contribution in [1.29, 1.82) is 0 Å². The molecule has 2 atom stereocenters. The van der Waals surface area contributed by atoms with E-state index in [-0.39, 0.29) is 12.1 Å². The monoisotopic (exact) mass is 315 g/mol. The molecule has 116 valence electrons. The maximum atomic E-state index is 11.6. The first kappa shape index (κ1) is 15.3. The maximum Gasteiger partial charge on any atom is 0.320 e. The van der Waals surface area contributed by atoms with Gasteiger partial charge in [0.15, 0.2) is 0 Å². The standard InChI is InChI=1S/C18H21NO2S/c1-12-7-8-14(13(2)11-12)17(16-6-4-10-22-16)19-9-3-5-15(19)18(20)21/h4,6-8,10-11,15,17H,3,5,9H2,1-2H3,(H,20,21). The van der Waals surface area contributed by atoms with E-state index in [0.29, 0.717) is 0 Å². The SMILES string of the molecule is Cc1ccc(C(c2cccs2)N2CCCC2C(=O)O)c(C)c1. The molecule has 0 spiro atoms. The summed E-state index contributed by atoms with van der Waals surface area (Å²) in [5.41, 5.74) is 3.69.